The lowest BCUT2D eigenvalue weighted by atomic mass is 10.2. The molecule has 0 fully saturated rings. The van der Waals surface area contributed by atoms with Gasteiger partial charge in [-0.2, -0.15) is 0 Å². The highest BCUT2D eigenvalue weighted by molar-refractivity contribution is 7.15. The molecular weight excluding hydrogens is 214 g/mol. The first-order chi connectivity index (χ1) is 6.13. The van der Waals surface area contributed by atoms with Gasteiger partial charge in [-0.1, -0.05) is 11.6 Å². The van der Waals surface area contributed by atoms with E-state index < -0.39 is 12.1 Å². The number of aromatic nitrogens is 1. The van der Waals surface area contributed by atoms with E-state index in [-0.39, 0.29) is 6.42 Å². The van der Waals surface area contributed by atoms with Crippen LogP contribution >= 0.6 is 22.9 Å². The minimum atomic E-state index is -0.877. The molecule has 0 saturated heterocycles. The normalized spacial score (nSPS) is 12.5. The third-order valence-electron chi connectivity index (χ3n) is 1.41. The molecule has 0 aliphatic heterocycles. The van der Waals surface area contributed by atoms with Gasteiger partial charge >= 0.3 is 5.97 Å². The van der Waals surface area contributed by atoms with Crippen molar-refractivity contribution in [2.45, 2.75) is 12.5 Å². The Balaban J connectivity index is 2.58. The van der Waals surface area contributed by atoms with Crippen molar-refractivity contribution < 1.29 is 14.6 Å². The second kappa shape index (κ2) is 4.55. The second-order valence-corrected chi connectivity index (χ2v) is 3.96. The van der Waals surface area contributed by atoms with Crippen LogP contribution in [0.15, 0.2) is 6.20 Å². The number of halogens is 1. The van der Waals surface area contributed by atoms with Gasteiger partial charge in [0.25, 0.3) is 0 Å². The maximum absolute atomic E-state index is 10.8. The summed E-state index contributed by atoms with van der Waals surface area (Å²) in [5.41, 5.74) is 0. The SMILES string of the molecule is COC(=O)CC(O)c1cnc(Cl)s1. The van der Waals surface area contributed by atoms with Crippen LogP contribution in [0.5, 0.6) is 0 Å². The number of carbonyl (C=O) groups is 1. The van der Waals surface area contributed by atoms with Gasteiger partial charge in [0.2, 0.25) is 0 Å². The van der Waals surface area contributed by atoms with E-state index in [1.807, 2.05) is 0 Å². The Morgan fingerprint density at radius 1 is 1.92 bits per heavy atom. The Labute approximate surface area is 84.1 Å². The highest BCUT2D eigenvalue weighted by atomic mass is 35.5. The first kappa shape index (κ1) is 10.4. The van der Waals surface area contributed by atoms with Crippen LogP contribution in [0, 0.1) is 0 Å². The monoisotopic (exact) mass is 221 g/mol. The molecule has 13 heavy (non-hydrogen) atoms. The summed E-state index contributed by atoms with van der Waals surface area (Å²) in [6, 6.07) is 0. The van der Waals surface area contributed by atoms with Gasteiger partial charge in [0, 0.05) is 6.20 Å². The number of hydrogen-bond donors (Lipinski definition) is 1. The Morgan fingerprint density at radius 3 is 3.08 bits per heavy atom. The maximum atomic E-state index is 10.8. The summed E-state index contributed by atoms with van der Waals surface area (Å²) in [5, 5.41) is 9.45. The van der Waals surface area contributed by atoms with Crippen LogP contribution in [-0.4, -0.2) is 23.2 Å². The largest absolute Gasteiger partial charge is 0.469 e. The lowest BCUT2D eigenvalue weighted by Crippen LogP contribution is -2.06. The van der Waals surface area contributed by atoms with Crippen LogP contribution in [0.4, 0.5) is 0 Å². The molecule has 1 N–H and O–H groups in total. The molecule has 4 nitrogen and oxygen atoms in total. The third-order valence-corrected chi connectivity index (χ3v) is 2.63. The molecule has 1 aromatic rings. The predicted octanol–water partition coefficient (Wildman–Crippen LogP) is 1.39. The standard InChI is InChI=1S/C7H8ClNO3S/c1-12-6(11)2-4(10)5-3-9-7(8)13-5/h3-4,10H,2H2,1H3. The number of aliphatic hydroxyl groups excluding tert-OH is 1. The summed E-state index contributed by atoms with van der Waals surface area (Å²) in [7, 11) is 1.27. The van der Waals surface area contributed by atoms with Crippen LogP contribution < -0.4 is 0 Å². The van der Waals surface area contributed by atoms with Crippen molar-refractivity contribution in [2.24, 2.45) is 0 Å². The fourth-order valence-corrected chi connectivity index (χ4v) is 1.70. The van der Waals surface area contributed by atoms with E-state index in [4.69, 9.17) is 11.6 Å². The van der Waals surface area contributed by atoms with Crippen molar-refractivity contribution in [1.82, 2.24) is 4.98 Å². The molecule has 6 heteroatoms. The third kappa shape index (κ3) is 2.95. The molecule has 0 bridgehead atoms. The molecule has 0 aliphatic carbocycles. The van der Waals surface area contributed by atoms with Gasteiger partial charge in [-0.25, -0.2) is 4.98 Å². The van der Waals surface area contributed by atoms with E-state index >= 15 is 0 Å². The topological polar surface area (TPSA) is 59.4 Å². The number of hydrogen-bond acceptors (Lipinski definition) is 5. The number of nitrogens with zero attached hydrogens (tertiary/aromatic N) is 1. The number of aliphatic hydroxyl groups is 1. The molecule has 0 aromatic carbocycles. The lowest BCUT2D eigenvalue weighted by molar-refractivity contribution is -0.142. The van der Waals surface area contributed by atoms with Gasteiger partial charge in [-0.05, 0) is 0 Å². The number of ether oxygens (including phenoxy) is 1. The maximum Gasteiger partial charge on any atom is 0.308 e. The molecule has 1 aromatic heterocycles. The van der Waals surface area contributed by atoms with E-state index in [2.05, 4.69) is 9.72 Å². The zero-order valence-electron chi connectivity index (χ0n) is 6.86. The zero-order valence-corrected chi connectivity index (χ0v) is 8.43. The van der Waals surface area contributed by atoms with Crippen molar-refractivity contribution in [1.29, 1.82) is 0 Å². The van der Waals surface area contributed by atoms with E-state index in [0.29, 0.717) is 9.34 Å². The molecular formula is C7H8ClNO3S. The smallest absolute Gasteiger partial charge is 0.308 e. The Bertz CT molecular complexity index is 302. The minimum Gasteiger partial charge on any atom is -0.469 e. The Hall–Kier alpha value is -0.650. The van der Waals surface area contributed by atoms with Crippen LogP contribution in [0.2, 0.25) is 4.47 Å². The van der Waals surface area contributed by atoms with Gasteiger partial charge in [-0.15, -0.1) is 11.3 Å². The summed E-state index contributed by atoms with van der Waals surface area (Å²) in [5.74, 6) is -0.461. The molecule has 0 amide bonds. The average Bonchev–Trinajstić information content (AvgIpc) is 2.51. The summed E-state index contributed by atoms with van der Waals surface area (Å²) in [4.78, 5) is 15.1. The Morgan fingerprint density at radius 2 is 2.62 bits per heavy atom. The van der Waals surface area contributed by atoms with Crippen molar-refractivity contribution in [3.05, 3.63) is 15.5 Å². The molecule has 72 valence electrons. The van der Waals surface area contributed by atoms with Crippen molar-refractivity contribution in [2.75, 3.05) is 7.11 Å². The molecule has 0 spiro atoms. The first-order valence-electron chi connectivity index (χ1n) is 3.49. The molecule has 1 rings (SSSR count). The molecule has 1 heterocycles. The summed E-state index contributed by atoms with van der Waals surface area (Å²) < 4.78 is 4.75. The molecule has 0 aliphatic rings. The highest BCUT2D eigenvalue weighted by Crippen LogP contribution is 2.26. The van der Waals surface area contributed by atoms with Crippen LogP contribution in [0.1, 0.15) is 17.4 Å². The summed E-state index contributed by atoms with van der Waals surface area (Å²) >= 11 is 6.70. The molecule has 1 atom stereocenters. The number of carbonyl (C=O) groups excluding carboxylic acids is 1. The van der Waals surface area contributed by atoms with Gasteiger partial charge in [0.1, 0.15) is 6.10 Å². The molecule has 0 radical (unpaired) electrons. The van der Waals surface area contributed by atoms with Crippen molar-refractivity contribution in [3.63, 3.8) is 0 Å². The van der Waals surface area contributed by atoms with Crippen molar-refractivity contribution in [3.8, 4) is 0 Å². The summed E-state index contributed by atoms with van der Waals surface area (Å²) in [6.45, 7) is 0. The number of methoxy groups -OCH3 is 1. The van der Waals surface area contributed by atoms with E-state index in [1.54, 1.807) is 0 Å². The van der Waals surface area contributed by atoms with Crippen LogP contribution in [-0.2, 0) is 9.53 Å². The van der Waals surface area contributed by atoms with E-state index in [9.17, 15) is 9.90 Å². The van der Waals surface area contributed by atoms with Crippen LogP contribution in [0.25, 0.3) is 0 Å². The fourth-order valence-electron chi connectivity index (χ4n) is 0.760. The first-order valence-corrected chi connectivity index (χ1v) is 4.69. The van der Waals surface area contributed by atoms with Crippen LogP contribution in [0.3, 0.4) is 0 Å². The van der Waals surface area contributed by atoms with E-state index in [1.165, 1.54) is 13.3 Å². The quantitative estimate of drug-likeness (QED) is 0.784. The number of esters is 1. The average molecular weight is 222 g/mol. The Kier molecular flexibility index (Phi) is 3.65. The minimum absolute atomic E-state index is 0.0744. The predicted molar refractivity (Wildman–Crippen MR) is 48.7 cm³/mol. The molecule has 1 unspecified atom stereocenters. The fraction of sp³-hybridized carbons (Fsp3) is 0.429. The van der Waals surface area contributed by atoms with E-state index in [0.717, 1.165) is 11.3 Å². The van der Waals surface area contributed by atoms with Gasteiger partial charge in [-0.3, -0.25) is 4.79 Å². The lowest BCUT2D eigenvalue weighted by Gasteiger charge is -2.04. The number of rotatable bonds is 3. The highest BCUT2D eigenvalue weighted by Gasteiger charge is 2.15. The van der Waals surface area contributed by atoms with Gasteiger partial charge < -0.3 is 9.84 Å². The van der Waals surface area contributed by atoms with Gasteiger partial charge in [0.15, 0.2) is 4.47 Å². The second-order valence-electron chi connectivity index (χ2n) is 2.31. The summed E-state index contributed by atoms with van der Waals surface area (Å²) in [6.07, 6.45) is 0.493. The molecule has 0 saturated carbocycles. The van der Waals surface area contributed by atoms with Gasteiger partial charge in [0.05, 0.1) is 18.4 Å². The zero-order chi connectivity index (χ0) is 9.84. The van der Waals surface area contributed by atoms with Crippen molar-refractivity contribution >= 4 is 28.9 Å². The number of thiazole rings is 1.